The highest BCUT2D eigenvalue weighted by Gasteiger charge is 2.21. The molecule has 0 unspecified atom stereocenters. The van der Waals surface area contributed by atoms with E-state index in [-0.39, 0.29) is 12.5 Å². The standard InChI is InChI=1S/C13H23NO2/c1-3-5-10-16-11-13(15)14-8-6-12(4-2)7-9-14/h5,10,12H,3-4,6-9,11H2,1-2H3/b10-5+. The summed E-state index contributed by atoms with van der Waals surface area (Å²) in [7, 11) is 0. The summed E-state index contributed by atoms with van der Waals surface area (Å²) in [6.45, 7) is 6.25. The number of allylic oxidation sites excluding steroid dienone is 1. The molecule has 0 aliphatic carbocycles. The summed E-state index contributed by atoms with van der Waals surface area (Å²) in [4.78, 5) is 13.6. The van der Waals surface area contributed by atoms with E-state index in [4.69, 9.17) is 4.74 Å². The Kier molecular flexibility index (Phi) is 5.98. The van der Waals surface area contributed by atoms with Gasteiger partial charge in [0, 0.05) is 13.1 Å². The molecule has 1 aliphatic heterocycles. The number of hydrogen-bond donors (Lipinski definition) is 0. The molecule has 0 aromatic heterocycles. The highest BCUT2D eigenvalue weighted by atomic mass is 16.5. The number of likely N-dealkylation sites (tertiary alicyclic amines) is 1. The van der Waals surface area contributed by atoms with Gasteiger partial charge < -0.3 is 9.64 Å². The second-order valence-corrected chi connectivity index (χ2v) is 4.32. The zero-order valence-electron chi connectivity index (χ0n) is 10.4. The fraction of sp³-hybridized carbons (Fsp3) is 0.769. The lowest BCUT2D eigenvalue weighted by Crippen LogP contribution is -2.40. The molecule has 0 saturated carbocycles. The van der Waals surface area contributed by atoms with E-state index in [1.807, 2.05) is 17.9 Å². The first-order chi connectivity index (χ1) is 7.77. The zero-order chi connectivity index (χ0) is 11.8. The molecule has 0 atom stereocenters. The largest absolute Gasteiger partial charge is 0.492 e. The summed E-state index contributed by atoms with van der Waals surface area (Å²) >= 11 is 0. The van der Waals surface area contributed by atoms with E-state index in [0.29, 0.717) is 0 Å². The predicted octanol–water partition coefficient (Wildman–Crippen LogP) is 2.58. The highest BCUT2D eigenvalue weighted by molar-refractivity contribution is 5.77. The third-order valence-corrected chi connectivity index (χ3v) is 3.18. The van der Waals surface area contributed by atoms with Gasteiger partial charge in [-0.25, -0.2) is 0 Å². The van der Waals surface area contributed by atoms with Gasteiger partial charge in [0.25, 0.3) is 5.91 Å². The summed E-state index contributed by atoms with van der Waals surface area (Å²) in [6, 6.07) is 0. The molecule has 3 nitrogen and oxygen atoms in total. The van der Waals surface area contributed by atoms with Crippen molar-refractivity contribution in [3.63, 3.8) is 0 Å². The molecule has 0 radical (unpaired) electrons. The molecule has 0 aromatic rings. The lowest BCUT2D eigenvalue weighted by atomic mass is 9.94. The van der Waals surface area contributed by atoms with Gasteiger partial charge in [-0.05, 0) is 25.2 Å². The third-order valence-electron chi connectivity index (χ3n) is 3.18. The van der Waals surface area contributed by atoms with E-state index in [0.717, 1.165) is 38.3 Å². The lowest BCUT2D eigenvalue weighted by Gasteiger charge is -2.31. The molecular formula is C13H23NO2. The number of rotatable bonds is 5. The Bertz CT molecular complexity index is 230. The van der Waals surface area contributed by atoms with Gasteiger partial charge in [0.1, 0.15) is 0 Å². The maximum absolute atomic E-state index is 11.7. The van der Waals surface area contributed by atoms with Crippen molar-refractivity contribution in [2.24, 2.45) is 5.92 Å². The summed E-state index contributed by atoms with van der Waals surface area (Å²) in [5, 5.41) is 0. The molecular weight excluding hydrogens is 202 g/mol. The van der Waals surface area contributed by atoms with Gasteiger partial charge in [-0.3, -0.25) is 4.79 Å². The van der Waals surface area contributed by atoms with Gasteiger partial charge >= 0.3 is 0 Å². The van der Waals surface area contributed by atoms with Crippen molar-refractivity contribution in [2.45, 2.75) is 39.5 Å². The SMILES string of the molecule is CC/C=C/OCC(=O)N1CCC(CC)CC1. The van der Waals surface area contributed by atoms with E-state index in [2.05, 4.69) is 6.92 Å². The molecule has 0 aromatic carbocycles. The quantitative estimate of drug-likeness (QED) is 0.673. The molecule has 16 heavy (non-hydrogen) atoms. The van der Waals surface area contributed by atoms with Crippen molar-refractivity contribution in [1.82, 2.24) is 4.90 Å². The highest BCUT2D eigenvalue weighted by Crippen LogP contribution is 2.19. The molecule has 1 amide bonds. The van der Waals surface area contributed by atoms with Crippen LogP contribution in [0, 0.1) is 5.92 Å². The van der Waals surface area contributed by atoms with Crippen LogP contribution in [0.1, 0.15) is 39.5 Å². The number of amides is 1. The van der Waals surface area contributed by atoms with Crippen LogP contribution >= 0.6 is 0 Å². The van der Waals surface area contributed by atoms with Crippen LogP contribution in [0.4, 0.5) is 0 Å². The first-order valence-corrected chi connectivity index (χ1v) is 6.32. The Morgan fingerprint density at radius 3 is 2.62 bits per heavy atom. The lowest BCUT2D eigenvalue weighted by molar-refractivity contribution is -0.135. The predicted molar refractivity (Wildman–Crippen MR) is 65.0 cm³/mol. The second-order valence-electron chi connectivity index (χ2n) is 4.32. The van der Waals surface area contributed by atoms with E-state index < -0.39 is 0 Å². The molecule has 1 heterocycles. The molecule has 1 saturated heterocycles. The third kappa shape index (κ3) is 4.25. The zero-order valence-corrected chi connectivity index (χ0v) is 10.4. The Morgan fingerprint density at radius 2 is 2.06 bits per heavy atom. The molecule has 0 N–H and O–H groups in total. The van der Waals surface area contributed by atoms with Crippen LogP contribution < -0.4 is 0 Å². The van der Waals surface area contributed by atoms with Crippen LogP contribution in [0.5, 0.6) is 0 Å². The molecule has 92 valence electrons. The van der Waals surface area contributed by atoms with Crippen LogP contribution in [0.3, 0.4) is 0 Å². The smallest absolute Gasteiger partial charge is 0.260 e. The van der Waals surface area contributed by atoms with Crippen molar-refractivity contribution < 1.29 is 9.53 Å². The molecule has 1 rings (SSSR count). The minimum Gasteiger partial charge on any atom is -0.492 e. The van der Waals surface area contributed by atoms with E-state index in [9.17, 15) is 4.79 Å². The Balaban J connectivity index is 2.20. The van der Waals surface area contributed by atoms with Crippen molar-refractivity contribution in [1.29, 1.82) is 0 Å². The number of carbonyl (C=O) groups is 1. The summed E-state index contributed by atoms with van der Waals surface area (Å²) < 4.78 is 5.17. The number of piperidine rings is 1. The van der Waals surface area contributed by atoms with Crippen LogP contribution in [-0.4, -0.2) is 30.5 Å². The minimum atomic E-state index is 0.121. The Morgan fingerprint density at radius 1 is 1.38 bits per heavy atom. The monoisotopic (exact) mass is 225 g/mol. The van der Waals surface area contributed by atoms with Crippen LogP contribution in [-0.2, 0) is 9.53 Å². The summed E-state index contributed by atoms with van der Waals surface area (Å²) in [6.07, 6.45) is 8.00. The Labute approximate surface area is 98.5 Å². The van der Waals surface area contributed by atoms with Crippen molar-refractivity contribution in [2.75, 3.05) is 19.7 Å². The minimum absolute atomic E-state index is 0.121. The topological polar surface area (TPSA) is 29.5 Å². The van der Waals surface area contributed by atoms with Crippen molar-refractivity contribution >= 4 is 5.91 Å². The average Bonchev–Trinajstić information content (AvgIpc) is 2.34. The Hall–Kier alpha value is -0.990. The molecule has 0 bridgehead atoms. The molecule has 1 aliphatic rings. The van der Waals surface area contributed by atoms with Gasteiger partial charge in [-0.2, -0.15) is 0 Å². The average molecular weight is 225 g/mol. The maximum atomic E-state index is 11.7. The molecule has 3 heteroatoms. The number of carbonyl (C=O) groups excluding carboxylic acids is 1. The van der Waals surface area contributed by atoms with Gasteiger partial charge in [0.15, 0.2) is 6.61 Å². The maximum Gasteiger partial charge on any atom is 0.260 e. The van der Waals surface area contributed by atoms with E-state index >= 15 is 0 Å². The van der Waals surface area contributed by atoms with Crippen LogP contribution in [0.15, 0.2) is 12.3 Å². The number of ether oxygens (including phenoxy) is 1. The van der Waals surface area contributed by atoms with Gasteiger partial charge in [-0.1, -0.05) is 26.3 Å². The summed E-state index contributed by atoms with van der Waals surface area (Å²) in [5.41, 5.74) is 0. The number of hydrogen-bond acceptors (Lipinski definition) is 2. The van der Waals surface area contributed by atoms with Crippen molar-refractivity contribution in [3.05, 3.63) is 12.3 Å². The fourth-order valence-electron chi connectivity index (χ4n) is 1.97. The number of nitrogens with zero attached hydrogens (tertiary/aromatic N) is 1. The first kappa shape index (κ1) is 13.1. The van der Waals surface area contributed by atoms with E-state index in [1.54, 1.807) is 6.26 Å². The van der Waals surface area contributed by atoms with Crippen LogP contribution in [0.25, 0.3) is 0 Å². The van der Waals surface area contributed by atoms with Gasteiger partial charge in [0.05, 0.1) is 6.26 Å². The second kappa shape index (κ2) is 7.31. The van der Waals surface area contributed by atoms with Gasteiger partial charge in [-0.15, -0.1) is 0 Å². The normalized spacial score (nSPS) is 18.0. The van der Waals surface area contributed by atoms with Gasteiger partial charge in [0.2, 0.25) is 0 Å². The van der Waals surface area contributed by atoms with E-state index in [1.165, 1.54) is 6.42 Å². The molecule has 1 fully saturated rings. The fourth-order valence-corrected chi connectivity index (χ4v) is 1.97. The van der Waals surface area contributed by atoms with Crippen LogP contribution in [0.2, 0.25) is 0 Å². The van der Waals surface area contributed by atoms with Crippen molar-refractivity contribution in [3.8, 4) is 0 Å². The molecule has 0 spiro atoms. The summed E-state index contributed by atoms with van der Waals surface area (Å²) in [5.74, 6) is 0.931. The first-order valence-electron chi connectivity index (χ1n) is 6.32.